The van der Waals surface area contributed by atoms with E-state index in [1.165, 1.54) is 6.20 Å². The van der Waals surface area contributed by atoms with E-state index in [1.54, 1.807) is 35.2 Å². The molecule has 0 radical (unpaired) electrons. The van der Waals surface area contributed by atoms with Crippen molar-refractivity contribution in [3.63, 3.8) is 0 Å². The molecule has 6 nitrogen and oxygen atoms in total. The summed E-state index contributed by atoms with van der Waals surface area (Å²) in [5.41, 5.74) is 4.65. The number of benzene rings is 1. The Morgan fingerprint density at radius 2 is 1.57 bits per heavy atom. The highest BCUT2D eigenvalue weighted by molar-refractivity contribution is 7.89. The van der Waals surface area contributed by atoms with Gasteiger partial charge in [-0.1, -0.05) is 6.07 Å². The van der Waals surface area contributed by atoms with Crippen LogP contribution in [0.2, 0.25) is 0 Å². The number of fused-ring (bicyclic) bond motifs is 1. The Morgan fingerprint density at radius 1 is 0.767 bits per heavy atom. The molecule has 4 heterocycles. The summed E-state index contributed by atoms with van der Waals surface area (Å²) >= 11 is 0. The lowest BCUT2D eigenvalue weighted by Gasteiger charge is -2.16. The summed E-state index contributed by atoms with van der Waals surface area (Å²) in [4.78, 5) is 13.0. The summed E-state index contributed by atoms with van der Waals surface area (Å²) in [5.74, 6) is 0. The van der Waals surface area contributed by atoms with Crippen molar-refractivity contribution in [2.75, 3.05) is 13.1 Å². The summed E-state index contributed by atoms with van der Waals surface area (Å²) in [6.07, 6.45) is 10.3. The van der Waals surface area contributed by atoms with Gasteiger partial charge in [0.2, 0.25) is 10.0 Å². The largest absolute Gasteiger partial charge is 0.265 e. The predicted molar refractivity (Wildman–Crippen MR) is 116 cm³/mol. The van der Waals surface area contributed by atoms with Crippen molar-refractivity contribution < 1.29 is 8.42 Å². The molecule has 0 bridgehead atoms. The van der Waals surface area contributed by atoms with Crippen LogP contribution in [0.4, 0.5) is 0 Å². The smallest absolute Gasteiger partial charge is 0.244 e. The van der Waals surface area contributed by atoms with Gasteiger partial charge in [-0.3, -0.25) is 15.0 Å². The molecule has 4 aromatic rings. The Morgan fingerprint density at radius 3 is 2.37 bits per heavy atom. The van der Waals surface area contributed by atoms with Crippen LogP contribution in [0.25, 0.3) is 33.2 Å². The summed E-state index contributed by atoms with van der Waals surface area (Å²) in [7, 11) is -3.51. The molecular formula is C23H20N4O2S. The zero-order valence-electron chi connectivity index (χ0n) is 16.3. The lowest BCUT2D eigenvalue weighted by Crippen LogP contribution is -2.27. The molecule has 0 amide bonds. The molecule has 1 saturated heterocycles. The van der Waals surface area contributed by atoms with Crippen LogP contribution in [-0.2, 0) is 10.0 Å². The van der Waals surface area contributed by atoms with Crippen LogP contribution in [0.3, 0.4) is 0 Å². The van der Waals surface area contributed by atoms with Crippen molar-refractivity contribution in [2.24, 2.45) is 0 Å². The summed E-state index contributed by atoms with van der Waals surface area (Å²) in [6.45, 7) is 1.15. The first kappa shape index (κ1) is 18.8. The van der Waals surface area contributed by atoms with Gasteiger partial charge in [-0.05, 0) is 65.9 Å². The molecule has 0 N–H and O–H groups in total. The van der Waals surface area contributed by atoms with E-state index in [0.29, 0.717) is 13.1 Å². The molecule has 5 rings (SSSR count). The maximum absolute atomic E-state index is 12.9. The lowest BCUT2D eigenvalue weighted by atomic mass is 9.98. The fourth-order valence-electron chi connectivity index (χ4n) is 3.90. The summed E-state index contributed by atoms with van der Waals surface area (Å²) in [6, 6.07) is 13.6. The SMILES string of the molecule is O=S(=O)(c1cncc(-c2ccc3nccc(-c4ccncc4)c3c2)c1)N1CCCC1. The van der Waals surface area contributed by atoms with Gasteiger partial charge >= 0.3 is 0 Å². The number of pyridine rings is 3. The highest BCUT2D eigenvalue weighted by atomic mass is 32.2. The Hall–Kier alpha value is -3.16. The third-order valence-corrected chi connectivity index (χ3v) is 7.35. The van der Waals surface area contributed by atoms with Crippen molar-refractivity contribution in [1.82, 2.24) is 19.3 Å². The Balaban J connectivity index is 1.61. The van der Waals surface area contributed by atoms with Gasteiger partial charge in [0.15, 0.2) is 0 Å². The molecule has 0 unspecified atom stereocenters. The number of rotatable bonds is 4. The standard InChI is InChI=1S/C23H20N4O2S/c28-30(29,27-11-1-2-12-27)20-13-19(15-25-16-20)18-3-4-23-22(14-18)21(7-10-26-23)17-5-8-24-9-6-17/h3-10,13-16H,1-2,11-12H2. The van der Waals surface area contributed by atoms with Crippen LogP contribution < -0.4 is 0 Å². The zero-order chi connectivity index (χ0) is 20.6. The van der Waals surface area contributed by atoms with Gasteiger partial charge in [-0.25, -0.2) is 8.42 Å². The van der Waals surface area contributed by atoms with Gasteiger partial charge in [0.1, 0.15) is 4.90 Å². The molecule has 30 heavy (non-hydrogen) atoms. The molecule has 0 aliphatic carbocycles. The average Bonchev–Trinajstić information content (AvgIpc) is 3.35. The molecule has 0 atom stereocenters. The van der Waals surface area contributed by atoms with Crippen molar-refractivity contribution in [1.29, 1.82) is 0 Å². The average molecular weight is 417 g/mol. The zero-order valence-corrected chi connectivity index (χ0v) is 17.1. The first-order chi connectivity index (χ1) is 14.6. The Kier molecular flexibility index (Phi) is 4.77. The first-order valence-electron chi connectivity index (χ1n) is 9.88. The predicted octanol–water partition coefficient (Wildman–Crippen LogP) is 4.14. The highest BCUT2D eigenvalue weighted by Gasteiger charge is 2.27. The minimum Gasteiger partial charge on any atom is -0.265 e. The topological polar surface area (TPSA) is 76.0 Å². The van der Waals surface area contributed by atoms with E-state index in [1.807, 2.05) is 36.4 Å². The van der Waals surface area contributed by atoms with Gasteiger partial charge < -0.3 is 0 Å². The molecule has 3 aromatic heterocycles. The minimum absolute atomic E-state index is 0.238. The highest BCUT2D eigenvalue weighted by Crippen LogP contribution is 2.32. The summed E-state index contributed by atoms with van der Waals surface area (Å²) < 4.78 is 27.4. The van der Waals surface area contributed by atoms with Crippen LogP contribution in [-0.4, -0.2) is 40.8 Å². The van der Waals surface area contributed by atoms with Crippen molar-refractivity contribution in [3.05, 3.63) is 73.4 Å². The first-order valence-corrected chi connectivity index (χ1v) is 11.3. The van der Waals surface area contributed by atoms with Gasteiger partial charge in [0.05, 0.1) is 5.52 Å². The van der Waals surface area contributed by atoms with E-state index >= 15 is 0 Å². The van der Waals surface area contributed by atoms with E-state index in [2.05, 4.69) is 15.0 Å². The molecule has 1 fully saturated rings. The normalized spacial score (nSPS) is 14.9. The number of nitrogens with zero attached hydrogens (tertiary/aromatic N) is 4. The van der Waals surface area contributed by atoms with Crippen molar-refractivity contribution in [3.8, 4) is 22.3 Å². The van der Waals surface area contributed by atoms with Gasteiger partial charge in [0.25, 0.3) is 0 Å². The van der Waals surface area contributed by atoms with Gasteiger partial charge in [-0.2, -0.15) is 4.31 Å². The fourth-order valence-corrected chi connectivity index (χ4v) is 5.41. The van der Waals surface area contributed by atoms with E-state index in [9.17, 15) is 8.42 Å². The second-order valence-electron chi connectivity index (χ2n) is 7.35. The second kappa shape index (κ2) is 7.59. The number of aromatic nitrogens is 3. The number of hydrogen-bond acceptors (Lipinski definition) is 5. The fraction of sp³-hybridized carbons (Fsp3) is 0.174. The quantitative estimate of drug-likeness (QED) is 0.500. The monoisotopic (exact) mass is 416 g/mol. The van der Waals surface area contributed by atoms with Gasteiger partial charge in [-0.15, -0.1) is 0 Å². The molecule has 150 valence electrons. The third kappa shape index (κ3) is 3.36. The lowest BCUT2D eigenvalue weighted by molar-refractivity contribution is 0.477. The maximum atomic E-state index is 12.9. The third-order valence-electron chi connectivity index (χ3n) is 5.48. The molecule has 1 aliphatic heterocycles. The molecule has 1 aromatic carbocycles. The molecular weight excluding hydrogens is 396 g/mol. The van der Waals surface area contributed by atoms with Crippen LogP contribution >= 0.6 is 0 Å². The summed E-state index contributed by atoms with van der Waals surface area (Å²) in [5, 5.41) is 0.994. The van der Waals surface area contributed by atoms with E-state index in [-0.39, 0.29) is 4.90 Å². The minimum atomic E-state index is -3.51. The van der Waals surface area contributed by atoms with Crippen LogP contribution in [0.5, 0.6) is 0 Å². The van der Waals surface area contributed by atoms with Crippen LogP contribution in [0.1, 0.15) is 12.8 Å². The maximum Gasteiger partial charge on any atom is 0.244 e. The second-order valence-corrected chi connectivity index (χ2v) is 9.28. The van der Waals surface area contributed by atoms with Crippen LogP contribution in [0.15, 0.2) is 78.3 Å². The van der Waals surface area contributed by atoms with E-state index in [4.69, 9.17) is 0 Å². The number of hydrogen-bond donors (Lipinski definition) is 0. The number of sulfonamides is 1. The Labute approximate surface area is 175 Å². The van der Waals surface area contributed by atoms with Gasteiger partial charge in [0, 0.05) is 55.0 Å². The van der Waals surface area contributed by atoms with Crippen molar-refractivity contribution in [2.45, 2.75) is 17.7 Å². The molecule has 0 saturated carbocycles. The van der Waals surface area contributed by atoms with Crippen molar-refractivity contribution >= 4 is 20.9 Å². The van der Waals surface area contributed by atoms with E-state index in [0.717, 1.165) is 46.0 Å². The molecule has 0 spiro atoms. The Bertz CT molecular complexity index is 1320. The van der Waals surface area contributed by atoms with Crippen LogP contribution in [0, 0.1) is 0 Å². The van der Waals surface area contributed by atoms with E-state index < -0.39 is 10.0 Å². The molecule has 7 heteroatoms. The molecule has 1 aliphatic rings.